The van der Waals surface area contributed by atoms with Gasteiger partial charge in [-0.05, 0) is 75.0 Å². The zero-order valence-corrected chi connectivity index (χ0v) is 33.7. The molecule has 322 valence electrons. The SMILES string of the molecule is CC(C)C[C@H](NC(=O)[C@@H](N)Cc1c[nH]c2ccccc12)C(=O)N[C@H](C(=O)N[C@@H](CCCCN)C(=O)NCC(=O)N[C@@H](CCCNC(=N)N)C(=O)NCC(=O)O)C(C)C. The molecule has 20 nitrogen and oxygen atoms in total. The van der Waals surface area contributed by atoms with Crippen molar-refractivity contribution in [3.8, 4) is 0 Å². The van der Waals surface area contributed by atoms with E-state index in [1.165, 1.54) is 0 Å². The maximum atomic E-state index is 13.7. The average Bonchev–Trinajstić information content (AvgIpc) is 3.57. The second-order valence-electron chi connectivity index (χ2n) is 14.9. The Bertz CT molecular complexity index is 1710. The van der Waals surface area contributed by atoms with Crippen LogP contribution in [0.4, 0.5) is 0 Å². The standard InChI is InChI=1S/C38H62N12O8/c1-21(2)16-29(49-33(54)25(40)17-23-18-44-26-11-6-5-10-24(23)26)36(57)50-32(22(3)4)37(58)48-28(12-7-8-14-39)35(56)45-19-30(51)47-27(13-9-15-43-38(41)42)34(55)46-20-31(52)53/h5-6,10-11,18,21-22,25,27-29,32,44H,7-9,12-17,19-20,39-40H2,1-4H3,(H,45,56)(H,46,55)(H,47,51)(H,48,58)(H,49,54)(H,50,57)(H,52,53)(H4,41,42,43)/t25-,27-,28-,29-,32-/m0/s1. The van der Waals surface area contributed by atoms with E-state index < -0.39 is 90.6 Å². The highest BCUT2D eigenvalue weighted by atomic mass is 16.4. The lowest BCUT2D eigenvalue weighted by molar-refractivity contribution is -0.138. The van der Waals surface area contributed by atoms with Gasteiger partial charge in [-0.1, -0.05) is 45.9 Å². The predicted molar refractivity (Wildman–Crippen MR) is 218 cm³/mol. The van der Waals surface area contributed by atoms with E-state index in [0.29, 0.717) is 19.4 Å². The quantitative estimate of drug-likeness (QED) is 0.0290. The van der Waals surface area contributed by atoms with E-state index in [1.807, 2.05) is 38.1 Å². The van der Waals surface area contributed by atoms with E-state index >= 15 is 0 Å². The number of guanidine groups is 1. The molecule has 1 aromatic heterocycles. The monoisotopic (exact) mass is 814 g/mol. The van der Waals surface area contributed by atoms with Crippen molar-refractivity contribution in [3.63, 3.8) is 0 Å². The molecular weight excluding hydrogens is 752 g/mol. The summed E-state index contributed by atoms with van der Waals surface area (Å²) in [4.78, 5) is 93.7. The fourth-order valence-electron chi connectivity index (χ4n) is 6.04. The van der Waals surface area contributed by atoms with Crippen LogP contribution in [-0.4, -0.2) is 114 Å². The molecule has 0 aliphatic rings. The third-order valence-electron chi connectivity index (χ3n) is 9.09. The minimum absolute atomic E-state index is 0.0156. The molecule has 0 aliphatic heterocycles. The van der Waals surface area contributed by atoms with E-state index in [-0.39, 0.29) is 50.5 Å². The van der Waals surface area contributed by atoms with Gasteiger partial charge in [0.1, 0.15) is 30.7 Å². The molecule has 0 unspecified atom stereocenters. The average molecular weight is 815 g/mol. The van der Waals surface area contributed by atoms with Crippen molar-refractivity contribution in [2.45, 2.75) is 103 Å². The zero-order chi connectivity index (χ0) is 43.4. The Labute approximate surface area is 338 Å². The Kier molecular flexibility index (Phi) is 20.7. The van der Waals surface area contributed by atoms with Crippen LogP contribution in [0.3, 0.4) is 0 Å². The minimum Gasteiger partial charge on any atom is -0.480 e. The van der Waals surface area contributed by atoms with Gasteiger partial charge in [0.15, 0.2) is 5.96 Å². The van der Waals surface area contributed by atoms with E-state index in [0.717, 1.165) is 16.5 Å². The first kappa shape index (κ1) is 48.4. The molecule has 2 rings (SSSR count). The molecular formula is C38H62N12O8. The molecule has 0 spiro atoms. The van der Waals surface area contributed by atoms with E-state index in [4.69, 9.17) is 27.7 Å². The van der Waals surface area contributed by atoms with E-state index in [2.05, 4.69) is 42.2 Å². The van der Waals surface area contributed by atoms with Gasteiger partial charge in [0.05, 0.1) is 12.6 Å². The summed E-state index contributed by atoms with van der Waals surface area (Å²) in [5.41, 5.74) is 19.0. The number of amides is 6. The lowest BCUT2D eigenvalue weighted by atomic mass is 9.98. The number of rotatable bonds is 26. The van der Waals surface area contributed by atoms with E-state index in [1.54, 1.807) is 20.0 Å². The van der Waals surface area contributed by atoms with Crippen LogP contribution in [0.5, 0.6) is 0 Å². The van der Waals surface area contributed by atoms with Gasteiger partial charge in [0, 0.05) is 23.6 Å². The van der Waals surface area contributed by atoms with Crippen LogP contribution >= 0.6 is 0 Å². The third kappa shape index (κ3) is 17.2. The Hall–Kier alpha value is -5.76. The Morgan fingerprint density at radius 1 is 0.759 bits per heavy atom. The molecule has 0 aliphatic carbocycles. The summed E-state index contributed by atoms with van der Waals surface area (Å²) in [6.07, 6.45) is 3.75. The molecule has 0 fully saturated rings. The van der Waals surface area contributed by atoms with Crippen LogP contribution in [0.25, 0.3) is 10.9 Å². The number of carbonyl (C=O) groups excluding carboxylic acids is 6. The summed E-state index contributed by atoms with van der Waals surface area (Å²) in [5, 5.41) is 35.0. The molecule has 1 aromatic carbocycles. The summed E-state index contributed by atoms with van der Waals surface area (Å²) in [7, 11) is 0. The first-order chi connectivity index (χ1) is 27.4. The number of H-pyrrole nitrogens is 1. The van der Waals surface area contributed by atoms with Crippen molar-refractivity contribution in [3.05, 3.63) is 36.0 Å². The van der Waals surface area contributed by atoms with Crippen LogP contribution in [0, 0.1) is 17.2 Å². The topological polar surface area (TPSA) is 342 Å². The highest BCUT2D eigenvalue weighted by molar-refractivity contribution is 5.96. The molecule has 6 amide bonds. The molecule has 20 heteroatoms. The Morgan fingerprint density at radius 2 is 1.38 bits per heavy atom. The molecule has 2 aromatic rings. The molecule has 0 saturated heterocycles. The molecule has 5 atom stereocenters. The number of aromatic amines is 1. The number of nitrogens with two attached hydrogens (primary N) is 3. The van der Waals surface area contributed by atoms with Crippen LogP contribution < -0.4 is 54.4 Å². The van der Waals surface area contributed by atoms with Gasteiger partial charge in [0.25, 0.3) is 0 Å². The number of carbonyl (C=O) groups is 7. The highest BCUT2D eigenvalue weighted by Crippen LogP contribution is 2.19. The van der Waals surface area contributed by atoms with Gasteiger partial charge in [-0.25, -0.2) is 0 Å². The first-order valence-electron chi connectivity index (χ1n) is 19.5. The van der Waals surface area contributed by atoms with Crippen LogP contribution in [0.1, 0.15) is 71.8 Å². The lowest BCUT2D eigenvalue weighted by Crippen LogP contribution is -2.59. The van der Waals surface area contributed by atoms with E-state index in [9.17, 15) is 33.6 Å². The van der Waals surface area contributed by atoms with Crippen LogP contribution in [0.2, 0.25) is 0 Å². The van der Waals surface area contributed by atoms with Crippen molar-refractivity contribution in [1.82, 2.24) is 42.2 Å². The van der Waals surface area contributed by atoms with Gasteiger partial charge in [-0.2, -0.15) is 0 Å². The van der Waals surface area contributed by atoms with Gasteiger partial charge in [-0.15, -0.1) is 0 Å². The number of fused-ring (bicyclic) bond motifs is 1. The number of unbranched alkanes of at least 4 members (excludes halogenated alkanes) is 1. The smallest absolute Gasteiger partial charge is 0.322 e. The van der Waals surface area contributed by atoms with Crippen molar-refractivity contribution < 1.29 is 38.7 Å². The number of para-hydroxylation sites is 1. The molecule has 58 heavy (non-hydrogen) atoms. The van der Waals surface area contributed by atoms with Gasteiger partial charge in [-0.3, -0.25) is 39.0 Å². The van der Waals surface area contributed by atoms with Crippen molar-refractivity contribution in [2.24, 2.45) is 29.0 Å². The first-order valence-corrected chi connectivity index (χ1v) is 19.5. The number of hydrogen-bond donors (Lipinski definition) is 13. The van der Waals surface area contributed by atoms with Crippen LogP contribution in [0.15, 0.2) is 30.5 Å². The highest BCUT2D eigenvalue weighted by Gasteiger charge is 2.33. The molecule has 0 saturated carbocycles. The lowest BCUT2D eigenvalue weighted by Gasteiger charge is -2.28. The zero-order valence-electron chi connectivity index (χ0n) is 33.7. The van der Waals surface area contributed by atoms with Crippen molar-refractivity contribution >= 4 is 58.3 Å². The third-order valence-corrected chi connectivity index (χ3v) is 9.09. The number of aromatic nitrogens is 1. The number of benzene rings is 1. The van der Waals surface area contributed by atoms with Crippen LogP contribution in [-0.2, 0) is 40.0 Å². The number of nitrogens with one attached hydrogen (secondary N) is 9. The summed E-state index contributed by atoms with van der Waals surface area (Å²) in [5.74, 6) is -6.07. The predicted octanol–water partition coefficient (Wildman–Crippen LogP) is -1.61. The minimum atomic E-state index is -1.29. The van der Waals surface area contributed by atoms with Crippen molar-refractivity contribution in [1.29, 1.82) is 5.41 Å². The Morgan fingerprint density at radius 3 is 2.00 bits per heavy atom. The summed E-state index contributed by atoms with van der Waals surface area (Å²) >= 11 is 0. The van der Waals surface area contributed by atoms with Gasteiger partial charge < -0.3 is 64.5 Å². The second kappa shape index (κ2) is 24.8. The normalized spacial score (nSPS) is 13.7. The molecule has 0 bridgehead atoms. The fraction of sp³-hybridized carbons (Fsp3) is 0.579. The maximum Gasteiger partial charge on any atom is 0.322 e. The fourth-order valence-corrected chi connectivity index (χ4v) is 6.04. The summed E-state index contributed by atoms with van der Waals surface area (Å²) in [6, 6.07) is 2.23. The largest absolute Gasteiger partial charge is 0.480 e. The number of carboxylic acid groups (broad SMARTS) is 1. The van der Waals surface area contributed by atoms with Gasteiger partial charge in [0.2, 0.25) is 35.4 Å². The maximum absolute atomic E-state index is 13.7. The molecule has 16 N–H and O–H groups in total. The number of aliphatic carboxylic acids is 1. The molecule has 0 radical (unpaired) electrons. The van der Waals surface area contributed by atoms with Gasteiger partial charge >= 0.3 is 5.97 Å². The summed E-state index contributed by atoms with van der Waals surface area (Å²) < 4.78 is 0. The number of carboxylic acids is 1. The second-order valence-corrected chi connectivity index (χ2v) is 14.9. The molecule has 1 heterocycles. The van der Waals surface area contributed by atoms with Crippen molar-refractivity contribution in [2.75, 3.05) is 26.2 Å². The summed E-state index contributed by atoms with van der Waals surface area (Å²) in [6.45, 7) is 6.48. The number of hydrogen-bond acceptors (Lipinski definition) is 10. The Balaban J connectivity index is 2.11.